The minimum absolute atomic E-state index is 0.0989. The summed E-state index contributed by atoms with van der Waals surface area (Å²) in [6.07, 6.45) is 0. The summed E-state index contributed by atoms with van der Waals surface area (Å²) in [5, 5.41) is 6.25. The largest absolute Gasteiger partial charge is 0.321 e. The summed E-state index contributed by atoms with van der Waals surface area (Å²) in [7, 11) is 0. The van der Waals surface area contributed by atoms with E-state index in [2.05, 4.69) is 23.5 Å². The third-order valence-corrected chi connectivity index (χ3v) is 4.47. The number of carbonyl (C=O) groups is 1. The Morgan fingerprint density at radius 2 is 1.64 bits per heavy atom. The molecular formula is C22H18N2O. The zero-order valence-corrected chi connectivity index (χ0v) is 14.2. The molecule has 3 nitrogen and oxygen atoms in total. The Balaban J connectivity index is 1.86. The number of fused-ring (bicyclic) bond motifs is 3. The third kappa shape index (κ3) is 2.74. The number of benzene rings is 3. The summed E-state index contributed by atoms with van der Waals surface area (Å²) >= 11 is 0. The molecule has 0 saturated heterocycles. The van der Waals surface area contributed by atoms with Crippen molar-refractivity contribution in [3.63, 3.8) is 0 Å². The Bertz CT molecular complexity index is 1120. The van der Waals surface area contributed by atoms with Gasteiger partial charge in [-0.05, 0) is 36.9 Å². The maximum Gasteiger partial charge on any atom is 0.255 e. The quantitative estimate of drug-likeness (QED) is 0.511. The number of hydrogen-bond acceptors (Lipinski definition) is 2. The SMILES string of the molecule is Cc1cc(NC(=O)c2ccccc2C)c2ccc3ccccc3c2n1. The molecule has 1 aromatic heterocycles. The van der Waals surface area contributed by atoms with E-state index in [0.717, 1.165) is 38.6 Å². The molecule has 3 heteroatoms. The van der Waals surface area contributed by atoms with Crippen molar-refractivity contribution in [3.05, 3.63) is 83.6 Å². The van der Waals surface area contributed by atoms with Crippen LogP contribution in [0.1, 0.15) is 21.6 Å². The molecule has 4 aromatic rings. The fourth-order valence-corrected chi connectivity index (χ4v) is 3.21. The second kappa shape index (κ2) is 6.02. The van der Waals surface area contributed by atoms with Crippen molar-refractivity contribution in [1.29, 1.82) is 0 Å². The van der Waals surface area contributed by atoms with Gasteiger partial charge in [0.05, 0.1) is 11.2 Å². The number of hydrogen-bond donors (Lipinski definition) is 1. The van der Waals surface area contributed by atoms with Gasteiger partial charge in [-0.1, -0.05) is 54.6 Å². The van der Waals surface area contributed by atoms with Crippen LogP contribution < -0.4 is 5.32 Å². The van der Waals surface area contributed by atoms with Crippen molar-refractivity contribution >= 4 is 33.3 Å². The zero-order chi connectivity index (χ0) is 17.4. The summed E-state index contributed by atoms with van der Waals surface area (Å²) in [6, 6.07) is 21.8. The van der Waals surface area contributed by atoms with E-state index < -0.39 is 0 Å². The minimum atomic E-state index is -0.0989. The molecule has 4 rings (SSSR count). The smallest absolute Gasteiger partial charge is 0.255 e. The number of nitrogens with zero attached hydrogens (tertiary/aromatic N) is 1. The molecule has 1 heterocycles. The molecule has 0 spiro atoms. The maximum absolute atomic E-state index is 12.7. The van der Waals surface area contributed by atoms with E-state index in [1.54, 1.807) is 0 Å². The molecule has 0 fully saturated rings. The zero-order valence-electron chi connectivity index (χ0n) is 14.2. The van der Waals surface area contributed by atoms with Crippen LogP contribution in [0.25, 0.3) is 21.7 Å². The van der Waals surface area contributed by atoms with Crippen LogP contribution in [-0.4, -0.2) is 10.9 Å². The van der Waals surface area contributed by atoms with Gasteiger partial charge in [-0.2, -0.15) is 0 Å². The van der Waals surface area contributed by atoms with Gasteiger partial charge in [0, 0.05) is 22.0 Å². The molecule has 0 bridgehead atoms. The van der Waals surface area contributed by atoms with Gasteiger partial charge >= 0.3 is 0 Å². The number of aromatic nitrogens is 1. The van der Waals surface area contributed by atoms with Gasteiger partial charge in [0.1, 0.15) is 0 Å². The number of aryl methyl sites for hydroxylation is 2. The summed E-state index contributed by atoms with van der Waals surface area (Å²) in [4.78, 5) is 17.4. The summed E-state index contributed by atoms with van der Waals surface area (Å²) in [6.45, 7) is 3.89. The van der Waals surface area contributed by atoms with Crippen molar-refractivity contribution in [2.75, 3.05) is 5.32 Å². The highest BCUT2D eigenvalue weighted by atomic mass is 16.1. The van der Waals surface area contributed by atoms with Gasteiger partial charge < -0.3 is 5.32 Å². The van der Waals surface area contributed by atoms with Crippen molar-refractivity contribution in [2.45, 2.75) is 13.8 Å². The first kappa shape index (κ1) is 15.3. The predicted octanol–water partition coefficient (Wildman–Crippen LogP) is 5.26. The minimum Gasteiger partial charge on any atom is -0.321 e. The number of amides is 1. The monoisotopic (exact) mass is 326 g/mol. The average Bonchev–Trinajstić information content (AvgIpc) is 2.61. The molecule has 25 heavy (non-hydrogen) atoms. The number of rotatable bonds is 2. The van der Waals surface area contributed by atoms with Crippen LogP contribution >= 0.6 is 0 Å². The highest BCUT2D eigenvalue weighted by Gasteiger charge is 2.13. The number of nitrogens with one attached hydrogen (secondary N) is 1. The number of carbonyl (C=O) groups excluding carboxylic acids is 1. The van der Waals surface area contributed by atoms with Crippen molar-refractivity contribution in [2.24, 2.45) is 0 Å². The van der Waals surface area contributed by atoms with Crippen LogP contribution in [0.3, 0.4) is 0 Å². The van der Waals surface area contributed by atoms with E-state index in [-0.39, 0.29) is 5.91 Å². The van der Waals surface area contributed by atoms with Gasteiger partial charge in [0.2, 0.25) is 0 Å². The van der Waals surface area contributed by atoms with Crippen molar-refractivity contribution in [1.82, 2.24) is 4.98 Å². The number of anilines is 1. The highest BCUT2D eigenvalue weighted by molar-refractivity contribution is 6.14. The normalized spacial score (nSPS) is 11.0. The topological polar surface area (TPSA) is 42.0 Å². The molecule has 122 valence electrons. The average molecular weight is 326 g/mol. The van der Waals surface area contributed by atoms with E-state index in [4.69, 9.17) is 4.98 Å². The summed E-state index contributed by atoms with van der Waals surface area (Å²) in [5.74, 6) is -0.0989. The van der Waals surface area contributed by atoms with Crippen molar-refractivity contribution < 1.29 is 4.79 Å². The van der Waals surface area contributed by atoms with Gasteiger partial charge in [0.15, 0.2) is 0 Å². The summed E-state index contributed by atoms with van der Waals surface area (Å²) in [5.41, 5.74) is 4.23. The molecule has 1 amide bonds. The lowest BCUT2D eigenvalue weighted by Gasteiger charge is -2.12. The lowest BCUT2D eigenvalue weighted by atomic mass is 10.0. The van der Waals surface area contributed by atoms with E-state index >= 15 is 0 Å². The fraction of sp³-hybridized carbons (Fsp3) is 0.0909. The Hall–Kier alpha value is -3.20. The van der Waals surface area contributed by atoms with Crippen LogP contribution in [0.4, 0.5) is 5.69 Å². The summed E-state index contributed by atoms with van der Waals surface area (Å²) < 4.78 is 0. The van der Waals surface area contributed by atoms with E-state index in [1.165, 1.54) is 0 Å². The van der Waals surface area contributed by atoms with Crippen LogP contribution in [0.15, 0.2) is 66.7 Å². The molecule has 0 aliphatic carbocycles. The predicted molar refractivity (Wildman–Crippen MR) is 103 cm³/mol. The highest BCUT2D eigenvalue weighted by Crippen LogP contribution is 2.30. The molecule has 0 saturated carbocycles. The van der Waals surface area contributed by atoms with Crippen LogP contribution in [0, 0.1) is 13.8 Å². The van der Waals surface area contributed by atoms with Gasteiger partial charge in [-0.15, -0.1) is 0 Å². The third-order valence-electron chi connectivity index (χ3n) is 4.47. The standard InChI is InChI=1S/C22H18N2O/c1-14-7-3-5-9-17(14)22(25)24-20-13-15(2)23-21-18-10-6-4-8-16(18)11-12-19(20)21/h3-13H,1-2H3,(H,23,24,25). The van der Waals surface area contributed by atoms with Gasteiger partial charge in [0.25, 0.3) is 5.91 Å². The second-order valence-electron chi connectivity index (χ2n) is 6.26. The van der Waals surface area contributed by atoms with Gasteiger partial charge in [-0.3, -0.25) is 9.78 Å². The van der Waals surface area contributed by atoms with Crippen molar-refractivity contribution in [3.8, 4) is 0 Å². The molecular weight excluding hydrogens is 308 g/mol. The van der Waals surface area contributed by atoms with E-state index in [9.17, 15) is 4.79 Å². The Morgan fingerprint density at radius 3 is 2.48 bits per heavy atom. The molecule has 0 aliphatic heterocycles. The van der Waals surface area contributed by atoms with E-state index in [1.807, 2.05) is 62.4 Å². The first-order valence-corrected chi connectivity index (χ1v) is 8.29. The molecule has 0 radical (unpaired) electrons. The van der Waals surface area contributed by atoms with E-state index in [0.29, 0.717) is 5.56 Å². The maximum atomic E-state index is 12.7. The molecule has 1 N–H and O–H groups in total. The Kier molecular flexibility index (Phi) is 3.69. The Morgan fingerprint density at radius 1 is 0.880 bits per heavy atom. The molecule has 0 atom stereocenters. The van der Waals surface area contributed by atoms with Crippen LogP contribution in [-0.2, 0) is 0 Å². The lowest BCUT2D eigenvalue weighted by molar-refractivity contribution is 0.102. The second-order valence-corrected chi connectivity index (χ2v) is 6.26. The van der Waals surface area contributed by atoms with Gasteiger partial charge in [-0.25, -0.2) is 0 Å². The van der Waals surface area contributed by atoms with Crippen LogP contribution in [0.5, 0.6) is 0 Å². The fourth-order valence-electron chi connectivity index (χ4n) is 3.21. The molecule has 0 unspecified atom stereocenters. The molecule has 0 aliphatic rings. The molecule has 3 aromatic carbocycles. The lowest BCUT2D eigenvalue weighted by Crippen LogP contribution is -2.14. The Labute approximate surface area is 146 Å². The number of pyridine rings is 1. The van der Waals surface area contributed by atoms with Crippen LogP contribution in [0.2, 0.25) is 0 Å². The first-order valence-electron chi connectivity index (χ1n) is 8.29. The first-order chi connectivity index (χ1) is 12.1.